The molecular formula is C16H16N6O2S2. The zero-order valence-electron chi connectivity index (χ0n) is 14.1. The highest BCUT2D eigenvalue weighted by atomic mass is 32.2. The number of urea groups is 1. The molecule has 1 N–H and O–H groups in total. The molecule has 1 fully saturated rings. The highest BCUT2D eigenvalue weighted by Gasteiger charge is 2.48. The first-order valence-electron chi connectivity index (χ1n) is 7.97. The standard InChI is InChI=1S/C16H16N6O2S2/c1-9-19-20-16(25-9)26-15-17-12-11(13(23)18-14(24)21(12)2)22(15)8-10-6-4-3-5-7-10/h3-7,11-12H,8H2,1-2H3,(H,18,23,24). The zero-order valence-corrected chi connectivity index (χ0v) is 15.8. The van der Waals surface area contributed by atoms with E-state index in [1.165, 1.54) is 28.0 Å². The summed E-state index contributed by atoms with van der Waals surface area (Å²) < 4.78 is 0.757. The number of benzene rings is 1. The second-order valence-corrected chi connectivity index (χ2v) is 8.37. The average molecular weight is 388 g/mol. The number of nitrogens with zero attached hydrogens (tertiary/aromatic N) is 5. The van der Waals surface area contributed by atoms with Crippen LogP contribution in [0.4, 0.5) is 4.79 Å². The molecule has 2 aliphatic heterocycles. The molecule has 1 aromatic heterocycles. The van der Waals surface area contributed by atoms with Crippen LogP contribution in [0.25, 0.3) is 0 Å². The molecule has 2 unspecified atom stereocenters. The van der Waals surface area contributed by atoms with Crippen LogP contribution in [-0.4, -0.2) is 56.4 Å². The molecule has 4 rings (SSSR count). The van der Waals surface area contributed by atoms with E-state index in [4.69, 9.17) is 0 Å². The van der Waals surface area contributed by atoms with E-state index in [-0.39, 0.29) is 5.91 Å². The molecule has 10 heteroatoms. The van der Waals surface area contributed by atoms with E-state index in [1.54, 1.807) is 7.05 Å². The van der Waals surface area contributed by atoms with Crippen LogP contribution in [0.2, 0.25) is 0 Å². The van der Waals surface area contributed by atoms with Crippen molar-refractivity contribution >= 4 is 40.2 Å². The number of aliphatic imine (C=N–C) groups is 1. The molecule has 2 atom stereocenters. The van der Waals surface area contributed by atoms with Gasteiger partial charge in [0.1, 0.15) is 5.01 Å². The van der Waals surface area contributed by atoms with Gasteiger partial charge in [-0.1, -0.05) is 41.7 Å². The molecule has 0 bridgehead atoms. The minimum Gasteiger partial charge on any atom is -0.331 e. The van der Waals surface area contributed by atoms with Crippen LogP contribution < -0.4 is 5.32 Å². The van der Waals surface area contributed by atoms with Crippen molar-refractivity contribution in [1.82, 2.24) is 25.3 Å². The molecule has 1 aromatic carbocycles. The van der Waals surface area contributed by atoms with Gasteiger partial charge in [-0.15, -0.1) is 10.2 Å². The van der Waals surface area contributed by atoms with Crippen molar-refractivity contribution in [1.29, 1.82) is 0 Å². The summed E-state index contributed by atoms with van der Waals surface area (Å²) in [6, 6.07) is 8.87. The van der Waals surface area contributed by atoms with Crippen molar-refractivity contribution in [2.45, 2.75) is 30.0 Å². The fourth-order valence-electron chi connectivity index (χ4n) is 2.93. The van der Waals surface area contributed by atoms with E-state index < -0.39 is 18.2 Å². The maximum atomic E-state index is 12.5. The molecule has 0 saturated carbocycles. The summed E-state index contributed by atoms with van der Waals surface area (Å²) in [6.07, 6.45) is -0.545. The largest absolute Gasteiger partial charge is 0.331 e. The third-order valence-corrected chi connectivity index (χ3v) is 6.12. The summed E-state index contributed by atoms with van der Waals surface area (Å²) in [5.74, 6) is -0.332. The summed E-state index contributed by atoms with van der Waals surface area (Å²) in [7, 11) is 1.65. The van der Waals surface area contributed by atoms with Gasteiger partial charge in [-0.3, -0.25) is 10.1 Å². The molecule has 3 heterocycles. The van der Waals surface area contributed by atoms with E-state index >= 15 is 0 Å². The molecule has 134 valence electrons. The van der Waals surface area contributed by atoms with Gasteiger partial charge < -0.3 is 9.80 Å². The maximum absolute atomic E-state index is 12.5. The Balaban J connectivity index is 1.67. The van der Waals surface area contributed by atoms with Gasteiger partial charge in [0.2, 0.25) is 0 Å². The van der Waals surface area contributed by atoms with Crippen molar-refractivity contribution in [3.8, 4) is 0 Å². The lowest BCUT2D eigenvalue weighted by molar-refractivity contribution is -0.127. The van der Waals surface area contributed by atoms with E-state index in [9.17, 15) is 9.59 Å². The number of carbonyl (C=O) groups is 2. The van der Waals surface area contributed by atoms with Gasteiger partial charge in [0.25, 0.3) is 5.91 Å². The van der Waals surface area contributed by atoms with Crippen LogP contribution in [0.15, 0.2) is 39.7 Å². The Morgan fingerprint density at radius 1 is 1.23 bits per heavy atom. The Kier molecular flexibility index (Phi) is 4.37. The van der Waals surface area contributed by atoms with Gasteiger partial charge >= 0.3 is 6.03 Å². The molecule has 2 aliphatic rings. The van der Waals surface area contributed by atoms with E-state index in [0.29, 0.717) is 11.7 Å². The van der Waals surface area contributed by atoms with Gasteiger partial charge in [0, 0.05) is 13.6 Å². The van der Waals surface area contributed by atoms with Gasteiger partial charge in [-0.2, -0.15) is 0 Å². The molecule has 3 amide bonds. The molecular weight excluding hydrogens is 372 g/mol. The lowest BCUT2D eigenvalue weighted by Crippen LogP contribution is -2.63. The summed E-state index contributed by atoms with van der Waals surface area (Å²) in [5.41, 5.74) is 1.06. The second-order valence-electron chi connectivity index (χ2n) is 5.98. The minimum atomic E-state index is -0.561. The van der Waals surface area contributed by atoms with Crippen LogP contribution >= 0.6 is 23.1 Å². The fraction of sp³-hybridized carbons (Fsp3) is 0.312. The number of aryl methyl sites for hydroxylation is 1. The number of aromatic nitrogens is 2. The number of hydrogen-bond donors (Lipinski definition) is 1. The average Bonchev–Trinajstić information content (AvgIpc) is 3.18. The second kappa shape index (κ2) is 6.69. The first kappa shape index (κ1) is 17.0. The van der Waals surface area contributed by atoms with Crippen LogP contribution in [0.1, 0.15) is 10.6 Å². The predicted octanol–water partition coefficient (Wildman–Crippen LogP) is 1.69. The van der Waals surface area contributed by atoms with E-state index in [1.807, 2.05) is 42.2 Å². The normalized spacial score (nSPS) is 22.3. The number of thioether (sulfide) groups is 1. The first-order chi connectivity index (χ1) is 12.5. The predicted molar refractivity (Wildman–Crippen MR) is 98.8 cm³/mol. The lowest BCUT2D eigenvalue weighted by atomic mass is 10.1. The number of rotatable bonds is 3. The van der Waals surface area contributed by atoms with E-state index in [2.05, 4.69) is 20.5 Å². The quantitative estimate of drug-likeness (QED) is 0.860. The van der Waals surface area contributed by atoms with Crippen molar-refractivity contribution in [3.63, 3.8) is 0 Å². The number of carbonyl (C=O) groups excluding carboxylic acids is 2. The Hall–Kier alpha value is -2.46. The molecule has 1 saturated heterocycles. The number of amides is 3. The number of hydrogen-bond acceptors (Lipinski definition) is 8. The molecule has 0 aliphatic carbocycles. The van der Waals surface area contributed by atoms with Crippen molar-refractivity contribution in [3.05, 3.63) is 40.9 Å². The monoisotopic (exact) mass is 388 g/mol. The van der Waals surface area contributed by atoms with Crippen molar-refractivity contribution < 1.29 is 9.59 Å². The Morgan fingerprint density at radius 3 is 2.69 bits per heavy atom. The summed E-state index contributed by atoms with van der Waals surface area (Å²) in [6.45, 7) is 2.40. The number of fused-ring (bicyclic) bond motifs is 1. The van der Waals surface area contributed by atoms with Crippen LogP contribution in [0, 0.1) is 6.92 Å². The van der Waals surface area contributed by atoms with Crippen LogP contribution in [0.3, 0.4) is 0 Å². The van der Waals surface area contributed by atoms with E-state index in [0.717, 1.165) is 14.9 Å². The number of likely N-dealkylation sites (N-methyl/N-ethyl adjacent to an activating group) is 1. The number of nitrogens with one attached hydrogen (secondary N) is 1. The molecule has 0 spiro atoms. The van der Waals surface area contributed by atoms with Gasteiger partial charge in [0.15, 0.2) is 21.7 Å². The third-order valence-electron chi connectivity index (χ3n) is 4.20. The van der Waals surface area contributed by atoms with Crippen LogP contribution in [-0.2, 0) is 11.3 Å². The fourth-order valence-corrected chi connectivity index (χ4v) is 4.79. The number of imide groups is 1. The lowest BCUT2D eigenvalue weighted by Gasteiger charge is -2.36. The topological polar surface area (TPSA) is 90.8 Å². The van der Waals surface area contributed by atoms with Crippen LogP contribution in [0.5, 0.6) is 0 Å². The molecule has 26 heavy (non-hydrogen) atoms. The summed E-state index contributed by atoms with van der Waals surface area (Å²) in [5, 5.41) is 12.1. The molecule has 0 radical (unpaired) electrons. The van der Waals surface area contributed by atoms with Crippen molar-refractivity contribution in [2.24, 2.45) is 4.99 Å². The minimum absolute atomic E-state index is 0.332. The Morgan fingerprint density at radius 2 is 2.00 bits per heavy atom. The van der Waals surface area contributed by atoms with Gasteiger partial charge in [-0.05, 0) is 24.2 Å². The third kappa shape index (κ3) is 3.06. The molecule has 8 nitrogen and oxygen atoms in total. The number of amidine groups is 1. The highest BCUT2D eigenvalue weighted by molar-refractivity contribution is 8.15. The summed E-state index contributed by atoms with van der Waals surface area (Å²) in [4.78, 5) is 32.5. The van der Waals surface area contributed by atoms with Crippen molar-refractivity contribution in [2.75, 3.05) is 7.05 Å². The highest BCUT2D eigenvalue weighted by Crippen LogP contribution is 2.34. The Bertz CT molecular complexity index is 884. The Labute approximate surface area is 158 Å². The first-order valence-corrected chi connectivity index (χ1v) is 9.60. The summed E-state index contributed by atoms with van der Waals surface area (Å²) >= 11 is 2.84. The van der Waals surface area contributed by atoms with Gasteiger partial charge in [-0.25, -0.2) is 9.79 Å². The smallest absolute Gasteiger partial charge is 0.325 e. The van der Waals surface area contributed by atoms with Gasteiger partial charge in [0.05, 0.1) is 0 Å². The zero-order chi connectivity index (χ0) is 18.3. The molecule has 2 aromatic rings. The SMILES string of the molecule is Cc1nnc(SC2=NC3C(C(=O)NC(=O)N3C)N2Cc2ccccc2)s1. The maximum Gasteiger partial charge on any atom is 0.325 e.